The van der Waals surface area contributed by atoms with E-state index in [1.807, 2.05) is 6.07 Å². The predicted octanol–water partition coefficient (Wildman–Crippen LogP) is 3.25. The highest BCUT2D eigenvalue weighted by Gasteiger charge is 2.29. The first-order valence-electron chi connectivity index (χ1n) is 9.15. The van der Waals surface area contributed by atoms with Crippen LogP contribution in [0.5, 0.6) is 0 Å². The number of hydrogen-bond acceptors (Lipinski definition) is 5. The van der Waals surface area contributed by atoms with Crippen molar-refractivity contribution in [1.29, 1.82) is 0 Å². The number of ketones is 1. The van der Waals surface area contributed by atoms with Crippen LogP contribution >= 0.6 is 11.3 Å². The zero-order valence-corrected chi connectivity index (χ0v) is 17.4. The largest absolute Gasteiger partial charge is 0.383 e. The summed E-state index contributed by atoms with van der Waals surface area (Å²) in [6.45, 7) is 3.29. The van der Waals surface area contributed by atoms with Crippen LogP contribution in [0.4, 0.5) is 10.5 Å². The van der Waals surface area contributed by atoms with E-state index in [9.17, 15) is 14.7 Å². The Kier molecular flexibility index (Phi) is 4.95. The minimum Gasteiger partial charge on any atom is -0.383 e. The minimum atomic E-state index is -1.16. The number of carbonyl (C=O) groups is 2. The zero-order chi connectivity index (χ0) is 20.1. The summed E-state index contributed by atoms with van der Waals surface area (Å²) in [7, 11) is -1.16. The first kappa shape index (κ1) is 19.4. The molecule has 9 heteroatoms. The SMILES string of the molecule is CC(C)(O)c1ncc(/S(N)=N/C(=O)Nc2c3c(cc4c2CCC4=O)CCC3)s1. The van der Waals surface area contributed by atoms with E-state index >= 15 is 0 Å². The summed E-state index contributed by atoms with van der Waals surface area (Å²) in [6.07, 6.45) is 5.53. The lowest BCUT2D eigenvalue weighted by molar-refractivity contribution is 0.0782. The van der Waals surface area contributed by atoms with Crippen LogP contribution in [-0.2, 0) is 35.7 Å². The second-order valence-corrected chi connectivity index (χ2v) is 10.1. The summed E-state index contributed by atoms with van der Waals surface area (Å²) in [4.78, 5) is 28.9. The molecule has 28 heavy (non-hydrogen) atoms. The third-order valence-corrected chi connectivity index (χ3v) is 7.78. The van der Waals surface area contributed by atoms with Crippen molar-refractivity contribution < 1.29 is 14.7 Å². The molecule has 2 aliphatic rings. The number of fused-ring (bicyclic) bond motifs is 2. The monoisotopic (exact) mass is 418 g/mol. The molecule has 2 aromatic rings. The molecule has 2 aliphatic carbocycles. The number of thiazole rings is 1. The van der Waals surface area contributed by atoms with Gasteiger partial charge in [-0.3, -0.25) is 9.93 Å². The molecule has 4 rings (SSSR count). The smallest absolute Gasteiger partial charge is 0.352 e. The van der Waals surface area contributed by atoms with Gasteiger partial charge in [-0.05, 0) is 62.3 Å². The fourth-order valence-corrected chi connectivity index (χ4v) is 5.54. The number of rotatable bonds is 3. The average Bonchev–Trinajstić information content (AvgIpc) is 3.34. The van der Waals surface area contributed by atoms with Gasteiger partial charge in [-0.1, -0.05) is 0 Å². The number of amides is 2. The number of urea groups is 1. The van der Waals surface area contributed by atoms with Gasteiger partial charge in [-0.2, -0.15) is 4.36 Å². The fourth-order valence-electron chi connectivity index (χ4n) is 3.73. The third-order valence-electron chi connectivity index (χ3n) is 5.04. The van der Waals surface area contributed by atoms with Gasteiger partial charge >= 0.3 is 6.03 Å². The molecule has 1 heterocycles. The van der Waals surface area contributed by atoms with Crippen LogP contribution in [0.1, 0.15) is 58.7 Å². The molecule has 1 aromatic carbocycles. The number of nitrogens with one attached hydrogen (secondary N) is 1. The van der Waals surface area contributed by atoms with Gasteiger partial charge in [-0.25, -0.2) is 9.78 Å². The topological polar surface area (TPSA) is 118 Å². The van der Waals surface area contributed by atoms with Crippen molar-refractivity contribution in [2.75, 3.05) is 5.32 Å². The van der Waals surface area contributed by atoms with Crippen LogP contribution < -0.4 is 10.5 Å². The Morgan fingerprint density at radius 1 is 1.32 bits per heavy atom. The fraction of sp³-hybridized carbons (Fsp3) is 0.421. The molecular weight excluding hydrogens is 396 g/mol. The Morgan fingerprint density at radius 2 is 2.11 bits per heavy atom. The highest BCUT2D eigenvalue weighted by atomic mass is 32.2. The van der Waals surface area contributed by atoms with Crippen molar-refractivity contribution in [3.05, 3.63) is 39.5 Å². The second kappa shape index (κ2) is 7.14. The van der Waals surface area contributed by atoms with Crippen LogP contribution in [0.25, 0.3) is 0 Å². The van der Waals surface area contributed by atoms with Gasteiger partial charge in [0, 0.05) is 28.5 Å². The molecule has 1 unspecified atom stereocenters. The number of carbonyl (C=O) groups excluding carboxylic acids is 2. The first-order valence-corrected chi connectivity index (χ1v) is 11.2. The van der Waals surface area contributed by atoms with Gasteiger partial charge in [-0.15, -0.1) is 11.3 Å². The molecule has 4 N–H and O–H groups in total. The highest BCUT2D eigenvalue weighted by molar-refractivity contribution is 7.87. The van der Waals surface area contributed by atoms with Crippen molar-refractivity contribution in [3.63, 3.8) is 0 Å². The normalized spacial score (nSPS) is 16.9. The van der Waals surface area contributed by atoms with E-state index < -0.39 is 22.5 Å². The molecule has 1 atom stereocenters. The van der Waals surface area contributed by atoms with Gasteiger partial charge < -0.3 is 10.4 Å². The molecule has 0 radical (unpaired) electrons. The summed E-state index contributed by atoms with van der Waals surface area (Å²) in [5, 5.41) is 19.6. The number of aryl methyl sites for hydroxylation is 1. The second-order valence-electron chi connectivity index (χ2n) is 7.57. The van der Waals surface area contributed by atoms with Crippen molar-refractivity contribution in [2.45, 2.75) is 55.8 Å². The maximum atomic E-state index is 12.6. The Morgan fingerprint density at radius 3 is 2.82 bits per heavy atom. The number of nitrogens with zero attached hydrogens (tertiary/aromatic N) is 2. The molecule has 7 nitrogen and oxygen atoms in total. The quantitative estimate of drug-likeness (QED) is 0.707. The molecule has 0 spiro atoms. The van der Waals surface area contributed by atoms with E-state index in [0.29, 0.717) is 22.1 Å². The van der Waals surface area contributed by atoms with Gasteiger partial charge in [0.1, 0.15) is 14.8 Å². The third kappa shape index (κ3) is 3.55. The number of Topliss-reactive ketones (excluding diaryl/α,β-unsaturated/α-hetero) is 1. The maximum absolute atomic E-state index is 12.6. The maximum Gasteiger partial charge on any atom is 0.352 e. The number of aliphatic hydroxyl groups is 1. The minimum absolute atomic E-state index is 0.138. The van der Waals surface area contributed by atoms with E-state index in [0.717, 1.165) is 47.2 Å². The first-order chi connectivity index (χ1) is 13.2. The number of hydrogen-bond donors (Lipinski definition) is 3. The number of anilines is 1. The van der Waals surface area contributed by atoms with Crippen molar-refractivity contribution in [3.8, 4) is 0 Å². The summed E-state index contributed by atoms with van der Waals surface area (Å²) < 4.78 is 4.70. The molecular formula is C19H22N4O3S2. The highest BCUT2D eigenvalue weighted by Crippen LogP contribution is 2.38. The van der Waals surface area contributed by atoms with Crippen molar-refractivity contribution >= 4 is 39.7 Å². The lowest BCUT2D eigenvalue weighted by Crippen LogP contribution is -2.15. The van der Waals surface area contributed by atoms with Gasteiger partial charge in [0.05, 0.1) is 6.20 Å². The molecule has 0 bridgehead atoms. The Balaban J connectivity index is 1.61. The summed E-state index contributed by atoms with van der Waals surface area (Å²) >= 11 is 1.24. The van der Waals surface area contributed by atoms with E-state index in [4.69, 9.17) is 5.14 Å². The number of benzene rings is 1. The molecule has 2 amide bonds. The van der Waals surface area contributed by atoms with E-state index in [1.54, 1.807) is 20.0 Å². The number of aromatic nitrogens is 1. The zero-order valence-electron chi connectivity index (χ0n) is 15.7. The van der Waals surface area contributed by atoms with Crippen LogP contribution in [-0.4, -0.2) is 21.9 Å². The van der Waals surface area contributed by atoms with Crippen molar-refractivity contribution in [1.82, 2.24) is 4.98 Å². The Labute approximate surface area is 169 Å². The lowest BCUT2D eigenvalue weighted by atomic mass is 9.98. The van der Waals surface area contributed by atoms with Crippen LogP contribution in [0.15, 0.2) is 20.8 Å². The standard InChI is InChI=1S/C19H22N4O3S2/c1-19(2,26)17-21-9-15(27-17)28(20)23-18(25)22-16-11-5-3-4-10(11)8-13-12(16)6-7-14(13)24/h8-9,26H,3-7H2,1-2H3,(H3,20,22,23,25). The van der Waals surface area contributed by atoms with Crippen LogP contribution in [0, 0.1) is 0 Å². The van der Waals surface area contributed by atoms with Gasteiger partial charge in [0.2, 0.25) is 0 Å². The predicted molar refractivity (Wildman–Crippen MR) is 110 cm³/mol. The molecule has 0 aliphatic heterocycles. The Hall–Kier alpha value is -1.94. The van der Waals surface area contributed by atoms with E-state index in [2.05, 4.69) is 14.7 Å². The number of nitrogens with two attached hydrogens (primary N) is 1. The van der Waals surface area contributed by atoms with Crippen molar-refractivity contribution in [2.24, 2.45) is 9.50 Å². The molecule has 0 saturated heterocycles. The van der Waals surface area contributed by atoms with E-state index in [1.165, 1.54) is 11.3 Å². The lowest BCUT2D eigenvalue weighted by Gasteiger charge is -2.14. The average molecular weight is 419 g/mol. The van der Waals surface area contributed by atoms with E-state index in [-0.39, 0.29) is 5.78 Å². The van der Waals surface area contributed by atoms with Crippen LogP contribution in [0.2, 0.25) is 0 Å². The summed E-state index contributed by atoms with van der Waals surface area (Å²) in [6, 6.07) is 1.48. The van der Waals surface area contributed by atoms with Gasteiger partial charge in [0.15, 0.2) is 5.78 Å². The molecule has 0 fully saturated rings. The Bertz CT molecular complexity index is 1020. The molecule has 148 valence electrons. The molecule has 0 saturated carbocycles. The van der Waals surface area contributed by atoms with Crippen LogP contribution in [0.3, 0.4) is 0 Å². The molecule has 1 aromatic heterocycles. The summed E-state index contributed by atoms with van der Waals surface area (Å²) in [5.74, 6) is 0.138. The van der Waals surface area contributed by atoms with Gasteiger partial charge in [0.25, 0.3) is 0 Å². The summed E-state index contributed by atoms with van der Waals surface area (Å²) in [5.41, 5.74) is 3.62.